The fourth-order valence-corrected chi connectivity index (χ4v) is 3.14. The van der Waals surface area contributed by atoms with E-state index in [4.69, 9.17) is 5.73 Å². The van der Waals surface area contributed by atoms with Gasteiger partial charge in [-0.1, -0.05) is 30.3 Å². The average molecular weight is 355 g/mol. The van der Waals surface area contributed by atoms with Gasteiger partial charge in [0.15, 0.2) is 0 Å². The van der Waals surface area contributed by atoms with Gasteiger partial charge in [0, 0.05) is 11.3 Å². The van der Waals surface area contributed by atoms with E-state index in [1.165, 1.54) is 12.3 Å². The summed E-state index contributed by atoms with van der Waals surface area (Å²) in [5.41, 5.74) is 6.70. The predicted molar refractivity (Wildman–Crippen MR) is 94.8 cm³/mol. The van der Waals surface area contributed by atoms with Gasteiger partial charge in [0.2, 0.25) is 5.91 Å². The van der Waals surface area contributed by atoms with Crippen LogP contribution in [-0.4, -0.2) is 16.8 Å². The molecule has 3 N–H and O–H groups in total. The summed E-state index contributed by atoms with van der Waals surface area (Å²) < 4.78 is 13.8. The molecule has 0 aliphatic heterocycles. The minimum absolute atomic E-state index is 0.0274. The molecule has 2 amide bonds. The van der Waals surface area contributed by atoms with Crippen LogP contribution in [-0.2, 0) is 11.2 Å². The van der Waals surface area contributed by atoms with E-state index in [-0.39, 0.29) is 12.3 Å². The molecule has 0 saturated heterocycles. The van der Waals surface area contributed by atoms with Crippen molar-refractivity contribution in [3.05, 3.63) is 71.0 Å². The van der Waals surface area contributed by atoms with E-state index < -0.39 is 11.7 Å². The molecule has 0 spiro atoms. The highest BCUT2D eigenvalue weighted by Crippen LogP contribution is 2.28. The number of primary amides is 1. The minimum Gasteiger partial charge on any atom is -0.369 e. The van der Waals surface area contributed by atoms with Gasteiger partial charge in [-0.25, -0.2) is 9.37 Å². The van der Waals surface area contributed by atoms with Crippen molar-refractivity contribution in [3.63, 3.8) is 0 Å². The third-order valence-corrected chi connectivity index (χ3v) is 4.49. The zero-order valence-corrected chi connectivity index (χ0v) is 13.8. The molecule has 3 aromatic rings. The SMILES string of the molecule is NC(=O)Cc1ccccc1NC(=O)c1cnc(-c2ccccc2F)s1. The van der Waals surface area contributed by atoms with Gasteiger partial charge in [0.1, 0.15) is 15.7 Å². The Labute approximate surface area is 147 Å². The van der Waals surface area contributed by atoms with E-state index in [1.54, 1.807) is 42.5 Å². The van der Waals surface area contributed by atoms with E-state index in [1.807, 2.05) is 0 Å². The number of aromatic nitrogens is 1. The van der Waals surface area contributed by atoms with E-state index in [0.29, 0.717) is 26.7 Å². The molecule has 1 heterocycles. The van der Waals surface area contributed by atoms with Crippen molar-refractivity contribution < 1.29 is 14.0 Å². The second-order valence-electron chi connectivity index (χ2n) is 5.26. The van der Waals surface area contributed by atoms with Crippen molar-refractivity contribution in [2.24, 2.45) is 5.73 Å². The third-order valence-electron chi connectivity index (χ3n) is 3.46. The van der Waals surface area contributed by atoms with Crippen molar-refractivity contribution in [2.45, 2.75) is 6.42 Å². The van der Waals surface area contributed by atoms with Crippen LogP contribution in [0.4, 0.5) is 10.1 Å². The van der Waals surface area contributed by atoms with Crippen LogP contribution < -0.4 is 11.1 Å². The Balaban J connectivity index is 1.82. The number of amides is 2. The van der Waals surface area contributed by atoms with Crippen LogP contribution in [0.15, 0.2) is 54.7 Å². The van der Waals surface area contributed by atoms with Gasteiger partial charge >= 0.3 is 0 Å². The summed E-state index contributed by atoms with van der Waals surface area (Å²) in [7, 11) is 0. The Morgan fingerprint density at radius 2 is 1.84 bits per heavy atom. The zero-order valence-electron chi connectivity index (χ0n) is 13.0. The molecule has 0 radical (unpaired) electrons. The first kappa shape index (κ1) is 16.8. The Morgan fingerprint density at radius 3 is 2.60 bits per heavy atom. The number of hydrogen-bond donors (Lipinski definition) is 2. The Hall–Kier alpha value is -3.06. The van der Waals surface area contributed by atoms with Crippen LogP contribution in [0.25, 0.3) is 10.6 Å². The quantitative estimate of drug-likeness (QED) is 0.737. The summed E-state index contributed by atoms with van der Waals surface area (Å²) in [6.45, 7) is 0. The van der Waals surface area contributed by atoms with Crippen molar-refractivity contribution in [3.8, 4) is 10.6 Å². The minimum atomic E-state index is -0.485. The van der Waals surface area contributed by atoms with Crippen LogP contribution >= 0.6 is 11.3 Å². The number of thiazole rings is 1. The number of nitrogens with two attached hydrogens (primary N) is 1. The molecule has 0 aliphatic rings. The van der Waals surface area contributed by atoms with Gasteiger partial charge in [-0.15, -0.1) is 11.3 Å². The third kappa shape index (κ3) is 3.89. The number of benzene rings is 2. The summed E-state index contributed by atoms with van der Waals surface area (Å²) >= 11 is 1.09. The number of halogens is 1. The van der Waals surface area contributed by atoms with E-state index in [2.05, 4.69) is 10.3 Å². The van der Waals surface area contributed by atoms with Gasteiger partial charge in [-0.3, -0.25) is 9.59 Å². The second kappa shape index (κ2) is 7.23. The fourth-order valence-electron chi connectivity index (χ4n) is 2.31. The molecule has 0 unspecified atom stereocenters. The smallest absolute Gasteiger partial charge is 0.267 e. The maximum absolute atomic E-state index is 13.8. The lowest BCUT2D eigenvalue weighted by molar-refractivity contribution is -0.117. The summed E-state index contributed by atoms with van der Waals surface area (Å²) in [6.07, 6.45) is 1.43. The Kier molecular flexibility index (Phi) is 4.85. The number of rotatable bonds is 5. The number of anilines is 1. The first-order chi connectivity index (χ1) is 12.0. The molecule has 0 bridgehead atoms. The maximum atomic E-state index is 13.8. The highest BCUT2D eigenvalue weighted by atomic mass is 32.1. The van der Waals surface area contributed by atoms with Gasteiger partial charge in [-0.2, -0.15) is 0 Å². The Morgan fingerprint density at radius 1 is 1.12 bits per heavy atom. The number of para-hydroxylation sites is 1. The second-order valence-corrected chi connectivity index (χ2v) is 6.29. The largest absolute Gasteiger partial charge is 0.369 e. The van der Waals surface area contributed by atoms with Crippen LogP contribution in [0.3, 0.4) is 0 Å². The lowest BCUT2D eigenvalue weighted by Crippen LogP contribution is -2.17. The van der Waals surface area contributed by atoms with Gasteiger partial charge in [0.25, 0.3) is 5.91 Å². The Bertz CT molecular complexity index is 939. The van der Waals surface area contributed by atoms with E-state index in [9.17, 15) is 14.0 Å². The molecule has 0 saturated carbocycles. The zero-order chi connectivity index (χ0) is 17.8. The van der Waals surface area contributed by atoms with Crippen LogP contribution in [0.5, 0.6) is 0 Å². The maximum Gasteiger partial charge on any atom is 0.267 e. The number of carbonyl (C=O) groups excluding carboxylic acids is 2. The standard InChI is InChI=1S/C18H14FN3O2S/c19-13-7-3-2-6-12(13)18-21-10-15(25-18)17(24)22-14-8-4-1-5-11(14)9-16(20)23/h1-8,10H,9H2,(H2,20,23)(H,22,24). The van der Waals surface area contributed by atoms with Crippen LogP contribution in [0, 0.1) is 5.82 Å². The van der Waals surface area contributed by atoms with E-state index in [0.717, 1.165) is 11.3 Å². The van der Waals surface area contributed by atoms with Crippen molar-refractivity contribution in [1.82, 2.24) is 4.98 Å². The first-order valence-electron chi connectivity index (χ1n) is 7.43. The molecule has 0 fully saturated rings. The van der Waals surface area contributed by atoms with Crippen molar-refractivity contribution in [2.75, 3.05) is 5.32 Å². The summed E-state index contributed by atoms with van der Waals surface area (Å²) in [6, 6.07) is 13.2. The van der Waals surface area contributed by atoms with Crippen LogP contribution in [0.1, 0.15) is 15.2 Å². The molecular weight excluding hydrogens is 341 g/mol. The fraction of sp³-hybridized carbons (Fsp3) is 0.0556. The molecule has 126 valence electrons. The molecule has 25 heavy (non-hydrogen) atoms. The first-order valence-corrected chi connectivity index (χ1v) is 8.24. The topological polar surface area (TPSA) is 85.1 Å². The highest BCUT2D eigenvalue weighted by molar-refractivity contribution is 7.17. The normalized spacial score (nSPS) is 10.4. The molecule has 2 aromatic carbocycles. The summed E-state index contributed by atoms with van der Waals surface area (Å²) in [5, 5.41) is 3.17. The molecule has 0 aliphatic carbocycles. The monoisotopic (exact) mass is 355 g/mol. The highest BCUT2D eigenvalue weighted by Gasteiger charge is 2.15. The van der Waals surface area contributed by atoms with E-state index >= 15 is 0 Å². The van der Waals surface area contributed by atoms with Gasteiger partial charge in [0.05, 0.1) is 12.6 Å². The number of carbonyl (C=O) groups is 2. The number of nitrogens with zero attached hydrogens (tertiary/aromatic N) is 1. The molecule has 0 atom stereocenters. The molecule has 1 aromatic heterocycles. The lowest BCUT2D eigenvalue weighted by Gasteiger charge is -2.08. The van der Waals surface area contributed by atoms with Gasteiger partial charge < -0.3 is 11.1 Å². The number of nitrogens with one attached hydrogen (secondary N) is 1. The summed E-state index contributed by atoms with van der Waals surface area (Å²) in [4.78, 5) is 28.0. The van der Waals surface area contributed by atoms with Crippen LogP contribution in [0.2, 0.25) is 0 Å². The predicted octanol–water partition coefficient (Wildman–Crippen LogP) is 3.23. The van der Waals surface area contributed by atoms with Crippen molar-refractivity contribution >= 4 is 28.8 Å². The lowest BCUT2D eigenvalue weighted by atomic mass is 10.1. The number of hydrogen-bond acceptors (Lipinski definition) is 4. The molecule has 5 nitrogen and oxygen atoms in total. The molecule has 7 heteroatoms. The average Bonchev–Trinajstić information content (AvgIpc) is 3.06. The summed E-state index contributed by atoms with van der Waals surface area (Å²) in [5.74, 6) is -1.26. The molecule has 3 rings (SSSR count). The molecular formula is C18H14FN3O2S. The van der Waals surface area contributed by atoms with Crippen molar-refractivity contribution in [1.29, 1.82) is 0 Å². The van der Waals surface area contributed by atoms with Gasteiger partial charge in [-0.05, 0) is 23.8 Å².